The third-order valence-corrected chi connectivity index (χ3v) is 3.43. The summed E-state index contributed by atoms with van der Waals surface area (Å²) >= 11 is 0. The fraction of sp³-hybridized carbons (Fsp3) is 0.333. The normalized spacial score (nSPS) is 16.3. The van der Waals surface area contributed by atoms with Crippen LogP contribution in [0.15, 0.2) is 41.2 Å². The van der Waals surface area contributed by atoms with Crippen molar-refractivity contribution in [2.75, 3.05) is 0 Å². The van der Waals surface area contributed by atoms with E-state index in [-0.39, 0.29) is 11.6 Å². The molecule has 3 N–H and O–H groups in total. The van der Waals surface area contributed by atoms with Crippen LogP contribution in [0.25, 0.3) is 0 Å². The zero-order valence-corrected chi connectivity index (χ0v) is 10.7. The van der Waals surface area contributed by atoms with Gasteiger partial charge in [-0.05, 0) is 18.4 Å². The Hall–Kier alpha value is -1.94. The van der Waals surface area contributed by atoms with Crippen LogP contribution in [0, 0.1) is 0 Å². The van der Waals surface area contributed by atoms with Crippen LogP contribution < -0.4 is 11.3 Å². The second-order valence-electron chi connectivity index (χ2n) is 5.12. The Morgan fingerprint density at radius 2 is 2.05 bits per heavy atom. The van der Waals surface area contributed by atoms with Crippen molar-refractivity contribution in [2.45, 2.75) is 31.2 Å². The third-order valence-electron chi connectivity index (χ3n) is 3.43. The molecule has 1 aliphatic rings. The Morgan fingerprint density at radius 3 is 2.74 bits per heavy atom. The van der Waals surface area contributed by atoms with Gasteiger partial charge in [0.2, 0.25) is 0 Å². The van der Waals surface area contributed by atoms with Gasteiger partial charge in [-0.3, -0.25) is 4.79 Å². The van der Waals surface area contributed by atoms with Crippen molar-refractivity contribution < 1.29 is 0 Å². The molecule has 0 unspecified atom stereocenters. The molecule has 3 rings (SSSR count). The molecule has 0 saturated heterocycles. The molecule has 98 valence electrons. The Balaban J connectivity index is 1.81. The molecule has 19 heavy (non-hydrogen) atoms. The number of H-pyrrole nitrogens is 1. The van der Waals surface area contributed by atoms with Gasteiger partial charge in [0.25, 0.3) is 5.56 Å². The number of aromatic nitrogens is 2. The van der Waals surface area contributed by atoms with Gasteiger partial charge in [-0.1, -0.05) is 30.3 Å². The van der Waals surface area contributed by atoms with Gasteiger partial charge in [0.1, 0.15) is 5.82 Å². The molecule has 0 bridgehead atoms. The van der Waals surface area contributed by atoms with E-state index in [2.05, 4.69) is 9.97 Å². The Labute approximate surface area is 111 Å². The number of aromatic amines is 1. The molecule has 1 saturated carbocycles. The molecule has 1 aliphatic carbocycles. The van der Waals surface area contributed by atoms with Gasteiger partial charge in [0.05, 0.1) is 0 Å². The highest BCUT2D eigenvalue weighted by atomic mass is 16.1. The number of nitrogens with zero attached hydrogens (tertiary/aromatic N) is 1. The maximum Gasteiger partial charge on any atom is 0.251 e. The zero-order valence-electron chi connectivity index (χ0n) is 10.7. The molecular formula is C15H17N3O. The van der Waals surface area contributed by atoms with Gasteiger partial charge < -0.3 is 10.7 Å². The molecule has 0 spiro atoms. The lowest BCUT2D eigenvalue weighted by molar-refractivity contribution is 0.695. The van der Waals surface area contributed by atoms with Crippen LogP contribution in [0.3, 0.4) is 0 Å². The van der Waals surface area contributed by atoms with E-state index in [1.165, 1.54) is 0 Å². The van der Waals surface area contributed by atoms with Crippen molar-refractivity contribution in [3.63, 3.8) is 0 Å². The predicted octanol–water partition coefficient (Wildman–Crippen LogP) is 1.89. The molecule has 0 aliphatic heterocycles. The molecule has 1 aromatic heterocycles. The monoisotopic (exact) mass is 255 g/mol. The highest BCUT2D eigenvalue weighted by Crippen LogP contribution is 2.37. The highest BCUT2D eigenvalue weighted by molar-refractivity contribution is 5.21. The number of benzene rings is 1. The van der Waals surface area contributed by atoms with E-state index < -0.39 is 0 Å². The first kappa shape index (κ1) is 12.1. The van der Waals surface area contributed by atoms with E-state index in [0.29, 0.717) is 12.3 Å². The SMILES string of the molecule is N[C@@H](Cc1cc(=O)[nH]c(C2CC2)n1)c1ccccc1. The van der Waals surface area contributed by atoms with Crippen LogP contribution in [0.2, 0.25) is 0 Å². The standard InChI is InChI=1S/C15H17N3O/c16-13(10-4-2-1-3-5-10)8-12-9-14(19)18-15(17-12)11-6-7-11/h1-5,9,11,13H,6-8,16H2,(H,17,18,19)/t13-/m0/s1. The first-order valence-electron chi connectivity index (χ1n) is 6.63. The van der Waals surface area contributed by atoms with Crippen molar-refractivity contribution in [3.05, 3.63) is 63.8 Å². The molecular weight excluding hydrogens is 238 g/mol. The van der Waals surface area contributed by atoms with Crippen molar-refractivity contribution in [2.24, 2.45) is 5.73 Å². The second kappa shape index (κ2) is 4.97. The molecule has 0 amide bonds. The van der Waals surface area contributed by atoms with E-state index in [4.69, 9.17) is 5.73 Å². The molecule has 4 nitrogen and oxygen atoms in total. The van der Waals surface area contributed by atoms with Gasteiger partial charge in [-0.25, -0.2) is 4.98 Å². The lowest BCUT2D eigenvalue weighted by Gasteiger charge is -2.11. The lowest BCUT2D eigenvalue weighted by Crippen LogP contribution is -2.18. The quantitative estimate of drug-likeness (QED) is 0.876. The summed E-state index contributed by atoms with van der Waals surface area (Å²) in [5.74, 6) is 1.27. The first-order valence-corrected chi connectivity index (χ1v) is 6.63. The fourth-order valence-corrected chi connectivity index (χ4v) is 2.23. The van der Waals surface area contributed by atoms with Gasteiger partial charge in [-0.2, -0.15) is 0 Å². The summed E-state index contributed by atoms with van der Waals surface area (Å²) in [4.78, 5) is 19.0. The Morgan fingerprint density at radius 1 is 1.32 bits per heavy atom. The molecule has 1 atom stereocenters. The zero-order chi connectivity index (χ0) is 13.2. The van der Waals surface area contributed by atoms with Crippen molar-refractivity contribution in [1.82, 2.24) is 9.97 Å². The van der Waals surface area contributed by atoms with Crippen LogP contribution in [-0.2, 0) is 6.42 Å². The van der Waals surface area contributed by atoms with Crippen LogP contribution in [0.1, 0.15) is 41.9 Å². The minimum Gasteiger partial charge on any atom is -0.324 e. The van der Waals surface area contributed by atoms with Crippen LogP contribution >= 0.6 is 0 Å². The maximum absolute atomic E-state index is 11.6. The predicted molar refractivity (Wildman–Crippen MR) is 73.9 cm³/mol. The van der Waals surface area contributed by atoms with Crippen LogP contribution in [-0.4, -0.2) is 9.97 Å². The topological polar surface area (TPSA) is 71.8 Å². The summed E-state index contributed by atoms with van der Waals surface area (Å²) in [6, 6.07) is 11.3. The van der Waals surface area contributed by atoms with E-state index in [1.807, 2.05) is 30.3 Å². The summed E-state index contributed by atoms with van der Waals surface area (Å²) in [5, 5.41) is 0. The number of hydrogen-bond acceptors (Lipinski definition) is 3. The van der Waals surface area contributed by atoms with E-state index >= 15 is 0 Å². The molecule has 1 fully saturated rings. The molecule has 0 radical (unpaired) electrons. The maximum atomic E-state index is 11.6. The average molecular weight is 255 g/mol. The number of nitrogens with two attached hydrogens (primary N) is 1. The number of rotatable bonds is 4. The van der Waals surface area contributed by atoms with Crippen LogP contribution in [0.5, 0.6) is 0 Å². The molecule has 2 aromatic rings. The van der Waals surface area contributed by atoms with Crippen LogP contribution in [0.4, 0.5) is 0 Å². The summed E-state index contributed by atoms with van der Waals surface area (Å²) in [5.41, 5.74) is 7.94. The minimum absolute atomic E-state index is 0.0767. The van der Waals surface area contributed by atoms with Crippen molar-refractivity contribution >= 4 is 0 Å². The highest BCUT2D eigenvalue weighted by Gasteiger charge is 2.26. The average Bonchev–Trinajstić information content (AvgIpc) is 3.23. The van der Waals surface area contributed by atoms with Crippen molar-refractivity contribution in [3.8, 4) is 0 Å². The van der Waals surface area contributed by atoms with Gasteiger partial charge in [-0.15, -0.1) is 0 Å². The largest absolute Gasteiger partial charge is 0.324 e. The van der Waals surface area contributed by atoms with Gasteiger partial charge >= 0.3 is 0 Å². The minimum atomic E-state index is -0.123. The molecule has 1 aromatic carbocycles. The first-order chi connectivity index (χ1) is 9.22. The smallest absolute Gasteiger partial charge is 0.251 e. The second-order valence-corrected chi connectivity index (χ2v) is 5.12. The van der Waals surface area contributed by atoms with Gasteiger partial charge in [0, 0.05) is 30.1 Å². The lowest BCUT2D eigenvalue weighted by atomic mass is 10.0. The Kier molecular flexibility index (Phi) is 3.17. The van der Waals surface area contributed by atoms with E-state index in [1.54, 1.807) is 6.07 Å². The van der Waals surface area contributed by atoms with E-state index in [9.17, 15) is 4.79 Å². The summed E-state index contributed by atoms with van der Waals surface area (Å²) in [6.45, 7) is 0. The summed E-state index contributed by atoms with van der Waals surface area (Å²) in [6.07, 6.45) is 2.84. The summed E-state index contributed by atoms with van der Waals surface area (Å²) < 4.78 is 0. The molecule has 1 heterocycles. The number of hydrogen-bond donors (Lipinski definition) is 2. The number of nitrogens with one attached hydrogen (secondary N) is 1. The van der Waals surface area contributed by atoms with Gasteiger partial charge in [0.15, 0.2) is 0 Å². The third kappa shape index (κ3) is 2.90. The van der Waals surface area contributed by atoms with Crippen molar-refractivity contribution in [1.29, 1.82) is 0 Å². The fourth-order valence-electron chi connectivity index (χ4n) is 2.23. The Bertz CT molecular complexity index is 617. The molecule has 4 heteroatoms. The summed E-state index contributed by atoms with van der Waals surface area (Å²) in [7, 11) is 0. The van der Waals surface area contributed by atoms with E-state index in [0.717, 1.165) is 29.9 Å².